The number of carbonyl (C=O) groups is 2. The zero-order valence-electron chi connectivity index (χ0n) is 14.4. The molecule has 5 heteroatoms. The van der Waals surface area contributed by atoms with E-state index in [2.05, 4.69) is 49.6 Å². The maximum atomic E-state index is 12.0. The molecule has 1 aromatic carbocycles. The summed E-state index contributed by atoms with van der Waals surface area (Å²) in [6, 6.07) is 9.88. The maximum absolute atomic E-state index is 12.0. The van der Waals surface area contributed by atoms with Gasteiger partial charge in [0, 0.05) is 24.9 Å². The third kappa shape index (κ3) is 4.98. The molecule has 0 saturated heterocycles. The van der Waals surface area contributed by atoms with Crippen LogP contribution in [0.3, 0.4) is 0 Å². The smallest absolute Gasteiger partial charge is 0.254 e. The lowest BCUT2D eigenvalue weighted by atomic mass is 9.84. The summed E-state index contributed by atoms with van der Waals surface area (Å²) in [7, 11) is 0. The number of rotatable bonds is 7. The van der Waals surface area contributed by atoms with E-state index in [1.807, 2.05) is 6.07 Å². The van der Waals surface area contributed by atoms with Crippen molar-refractivity contribution in [3.8, 4) is 0 Å². The first-order valence-corrected chi connectivity index (χ1v) is 8.03. The average molecular weight is 328 g/mol. The molecule has 0 spiro atoms. The van der Waals surface area contributed by atoms with Gasteiger partial charge in [-0.05, 0) is 18.6 Å². The molecule has 0 unspecified atom stereocenters. The van der Waals surface area contributed by atoms with E-state index < -0.39 is 0 Å². The SMILES string of the molecule is Cc1cccc(C(C)(C)CNC(=O)CCNC(=O)c2ccoc2)c1. The van der Waals surface area contributed by atoms with Gasteiger partial charge in [-0.25, -0.2) is 0 Å². The molecular weight excluding hydrogens is 304 g/mol. The van der Waals surface area contributed by atoms with E-state index in [1.54, 1.807) is 6.07 Å². The molecule has 0 radical (unpaired) electrons. The molecule has 0 fully saturated rings. The molecule has 1 aromatic heterocycles. The van der Waals surface area contributed by atoms with Crippen molar-refractivity contribution in [3.05, 3.63) is 59.5 Å². The molecule has 128 valence electrons. The number of hydrogen-bond donors (Lipinski definition) is 2. The second kappa shape index (κ2) is 7.81. The van der Waals surface area contributed by atoms with E-state index in [-0.39, 0.29) is 23.7 Å². The van der Waals surface area contributed by atoms with Crippen molar-refractivity contribution < 1.29 is 14.0 Å². The van der Waals surface area contributed by atoms with E-state index in [9.17, 15) is 9.59 Å². The van der Waals surface area contributed by atoms with E-state index in [4.69, 9.17) is 4.42 Å². The predicted molar refractivity (Wildman–Crippen MR) is 92.9 cm³/mol. The van der Waals surface area contributed by atoms with Crippen molar-refractivity contribution >= 4 is 11.8 Å². The average Bonchev–Trinajstić information content (AvgIpc) is 3.07. The Balaban J connectivity index is 1.75. The van der Waals surface area contributed by atoms with Gasteiger partial charge in [0.15, 0.2) is 0 Å². The van der Waals surface area contributed by atoms with Crippen LogP contribution < -0.4 is 10.6 Å². The van der Waals surface area contributed by atoms with Crippen LogP contribution in [0.25, 0.3) is 0 Å². The van der Waals surface area contributed by atoms with E-state index >= 15 is 0 Å². The van der Waals surface area contributed by atoms with Crippen LogP contribution in [0.1, 0.15) is 41.8 Å². The fourth-order valence-corrected chi connectivity index (χ4v) is 2.36. The molecule has 0 atom stereocenters. The van der Waals surface area contributed by atoms with Crippen LogP contribution in [-0.4, -0.2) is 24.9 Å². The normalized spacial score (nSPS) is 11.1. The standard InChI is InChI=1S/C19H24N2O3/c1-14-5-4-6-16(11-14)19(2,3)13-21-17(22)7-9-20-18(23)15-8-10-24-12-15/h4-6,8,10-12H,7,9,13H2,1-3H3,(H,20,23)(H,21,22). The Morgan fingerprint density at radius 3 is 2.62 bits per heavy atom. The lowest BCUT2D eigenvalue weighted by molar-refractivity contribution is -0.121. The first-order valence-electron chi connectivity index (χ1n) is 8.03. The molecule has 0 aliphatic carbocycles. The summed E-state index contributed by atoms with van der Waals surface area (Å²) in [5.41, 5.74) is 2.70. The highest BCUT2D eigenvalue weighted by atomic mass is 16.3. The number of hydrogen-bond acceptors (Lipinski definition) is 3. The van der Waals surface area contributed by atoms with Gasteiger partial charge in [0.1, 0.15) is 6.26 Å². The molecule has 2 amide bonds. The highest BCUT2D eigenvalue weighted by molar-refractivity contribution is 5.94. The van der Waals surface area contributed by atoms with Crippen molar-refractivity contribution in [2.45, 2.75) is 32.6 Å². The Morgan fingerprint density at radius 1 is 1.17 bits per heavy atom. The van der Waals surface area contributed by atoms with Gasteiger partial charge in [-0.1, -0.05) is 43.7 Å². The van der Waals surface area contributed by atoms with Gasteiger partial charge < -0.3 is 15.1 Å². The van der Waals surface area contributed by atoms with Crippen LogP contribution in [0, 0.1) is 6.92 Å². The number of aryl methyl sites for hydroxylation is 1. The van der Waals surface area contributed by atoms with Crippen LogP contribution in [0.15, 0.2) is 47.3 Å². The minimum Gasteiger partial charge on any atom is -0.472 e. The van der Waals surface area contributed by atoms with Crippen LogP contribution in [0.4, 0.5) is 0 Å². The molecule has 2 rings (SSSR count). The van der Waals surface area contributed by atoms with Crippen LogP contribution in [-0.2, 0) is 10.2 Å². The topological polar surface area (TPSA) is 71.3 Å². The zero-order valence-corrected chi connectivity index (χ0v) is 14.4. The lowest BCUT2D eigenvalue weighted by Gasteiger charge is -2.26. The summed E-state index contributed by atoms with van der Waals surface area (Å²) in [5, 5.41) is 5.63. The molecule has 0 aliphatic heterocycles. The molecule has 0 aliphatic rings. The van der Waals surface area contributed by atoms with Crippen LogP contribution in [0.2, 0.25) is 0 Å². The largest absolute Gasteiger partial charge is 0.472 e. The molecule has 0 saturated carbocycles. The molecule has 0 bridgehead atoms. The Hall–Kier alpha value is -2.56. The van der Waals surface area contributed by atoms with Crippen molar-refractivity contribution in [1.82, 2.24) is 10.6 Å². The van der Waals surface area contributed by atoms with Gasteiger partial charge in [0.25, 0.3) is 5.91 Å². The molecular formula is C19H24N2O3. The first kappa shape index (κ1) is 17.8. The van der Waals surface area contributed by atoms with E-state index in [0.717, 1.165) is 0 Å². The van der Waals surface area contributed by atoms with Gasteiger partial charge in [0.2, 0.25) is 5.91 Å². The summed E-state index contributed by atoms with van der Waals surface area (Å²) >= 11 is 0. The van der Waals surface area contributed by atoms with E-state index in [1.165, 1.54) is 23.7 Å². The van der Waals surface area contributed by atoms with Crippen molar-refractivity contribution in [2.75, 3.05) is 13.1 Å². The summed E-state index contributed by atoms with van der Waals surface area (Å²) in [6.45, 7) is 7.10. The van der Waals surface area contributed by atoms with Gasteiger partial charge in [0.05, 0.1) is 11.8 Å². The van der Waals surface area contributed by atoms with Crippen LogP contribution in [0.5, 0.6) is 0 Å². The molecule has 1 heterocycles. The highest BCUT2D eigenvalue weighted by Gasteiger charge is 2.21. The summed E-state index contributed by atoms with van der Waals surface area (Å²) in [4.78, 5) is 23.7. The van der Waals surface area contributed by atoms with E-state index in [0.29, 0.717) is 18.7 Å². The highest BCUT2D eigenvalue weighted by Crippen LogP contribution is 2.23. The minimum atomic E-state index is -0.239. The summed E-state index contributed by atoms with van der Waals surface area (Å²) < 4.78 is 4.85. The second-order valence-electron chi connectivity index (χ2n) is 6.55. The minimum absolute atomic E-state index is 0.0804. The van der Waals surface area contributed by atoms with Crippen molar-refractivity contribution in [2.24, 2.45) is 0 Å². The quantitative estimate of drug-likeness (QED) is 0.821. The zero-order chi connectivity index (χ0) is 17.6. The molecule has 5 nitrogen and oxygen atoms in total. The predicted octanol–water partition coefficient (Wildman–Crippen LogP) is 2.80. The van der Waals surface area contributed by atoms with Crippen molar-refractivity contribution in [1.29, 1.82) is 0 Å². The molecule has 2 aromatic rings. The fourth-order valence-electron chi connectivity index (χ4n) is 2.36. The number of nitrogens with one attached hydrogen (secondary N) is 2. The van der Waals surface area contributed by atoms with Crippen molar-refractivity contribution in [3.63, 3.8) is 0 Å². The third-order valence-corrected chi connectivity index (χ3v) is 3.95. The molecule has 24 heavy (non-hydrogen) atoms. The summed E-state index contributed by atoms with van der Waals surface area (Å²) in [5.74, 6) is -0.320. The Labute approximate surface area is 142 Å². The molecule has 2 N–H and O–H groups in total. The number of furan rings is 1. The number of benzene rings is 1. The maximum Gasteiger partial charge on any atom is 0.254 e. The first-order chi connectivity index (χ1) is 11.4. The number of carbonyl (C=O) groups excluding carboxylic acids is 2. The second-order valence-corrected chi connectivity index (χ2v) is 6.55. The monoisotopic (exact) mass is 328 g/mol. The number of amides is 2. The Bertz CT molecular complexity index is 690. The fraction of sp³-hybridized carbons (Fsp3) is 0.368. The van der Waals surface area contributed by atoms with Crippen LogP contribution >= 0.6 is 0 Å². The van der Waals surface area contributed by atoms with Gasteiger partial charge in [-0.15, -0.1) is 0 Å². The van der Waals surface area contributed by atoms with Gasteiger partial charge in [-0.2, -0.15) is 0 Å². The summed E-state index contributed by atoms with van der Waals surface area (Å²) in [6.07, 6.45) is 3.06. The Kier molecular flexibility index (Phi) is 5.79. The third-order valence-electron chi connectivity index (χ3n) is 3.95. The Morgan fingerprint density at radius 2 is 1.96 bits per heavy atom. The lowest BCUT2D eigenvalue weighted by Crippen LogP contribution is -2.38. The van der Waals surface area contributed by atoms with Gasteiger partial charge >= 0.3 is 0 Å². The van der Waals surface area contributed by atoms with Gasteiger partial charge in [-0.3, -0.25) is 9.59 Å².